The molecule has 0 radical (unpaired) electrons. The third-order valence-corrected chi connectivity index (χ3v) is 4.56. The molecule has 0 saturated carbocycles. The van der Waals surface area contributed by atoms with Crippen molar-refractivity contribution in [3.05, 3.63) is 40.2 Å². The fourth-order valence-corrected chi connectivity index (χ4v) is 3.09. The molecule has 1 aromatic carbocycles. The van der Waals surface area contributed by atoms with Gasteiger partial charge in [-0.15, -0.1) is 0 Å². The van der Waals surface area contributed by atoms with E-state index in [1.807, 2.05) is 0 Å². The molecule has 1 amide bonds. The first-order valence-corrected chi connectivity index (χ1v) is 8.58. The minimum absolute atomic E-state index is 0.0976. The zero-order valence-corrected chi connectivity index (χ0v) is 15.2. The van der Waals surface area contributed by atoms with Crippen LogP contribution in [0.3, 0.4) is 0 Å². The molecule has 1 aliphatic rings. The van der Waals surface area contributed by atoms with E-state index in [4.69, 9.17) is 18.6 Å². The fourth-order valence-electron chi connectivity index (χ4n) is 3.09. The lowest BCUT2D eigenvalue weighted by molar-refractivity contribution is -0.145. The molecule has 0 spiro atoms. The molecule has 2 atom stereocenters. The van der Waals surface area contributed by atoms with Gasteiger partial charge in [0.05, 0.1) is 26.7 Å². The number of esters is 1. The zero-order valence-electron chi connectivity index (χ0n) is 15.2. The Bertz CT molecular complexity index is 899. The van der Waals surface area contributed by atoms with Crippen LogP contribution in [0.2, 0.25) is 0 Å². The van der Waals surface area contributed by atoms with Gasteiger partial charge in [-0.3, -0.25) is 4.79 Å². The van der Waals surface area contributed by atoms with Crippen molar-refractivity contribution < 1.29 is 28.2 Å². The SMILES string of the molecule is COC(=O)[C@@H](Cc1cc(=O)oc2cc(OC)ccc12)NC(=O)[C@@H]1CCOC1. The number of hydrogen-bond acceptors (Lipinski definition) is 7. The number of ether oxygens (including phenoxy) is 3. The summed E-state index contributed by atoms with van der Waals surface area (Å²) in [5.74, 6) is -0.602. The minimum atomic E-state index is -0.921. The van der Waals surface area contributed by atoms with Crippen LogP contribution in [0, 0.1) is 5.92 Å². The van der Waals surface area contributed by atoms with Gasteiger partial charge in [-0.05, 0) is 24.1 Å². The number of rotatable bonds is 6. The average Bonchev–Trinajstić information content (AvgIpc) is 3.21. The fraction of sp³-hybridized carbons (Fsp3) is 0.421. The van der Waals surface area contributed by atoms with E-state index in [1.165, 1.54) is 20.3 Å². The molecule has 1 aromatic heterocycles. The van der Waals surface area contributed by atoms with Crippen molar-refractivity contribution in [2.75, 3.05) is 27.4 Å². The van der Waals surface area contributed by atoms with Gasteiger partial charge in [0.2, 0.25) is 5.91 Å². The van der Waals surface area contributed by atoms with Gasteiger partial charge in [-0.25, -0.2) is 9.59 Å². The van der Waals surface area contributed by atoms with E-state index >= 15 is 0 Å². The smallest absolute Gasteiger partial charge is 0.336 e. The quantitative estimate of drug-likeness (QED) is 0.594. The average molecular weight is 375 g/mol. The highest BCUT2D eigenvalue weighted by Gasteiger charge is 2.29. The van der Waals surface area contributed by atoms with E-state index in [0.717, 1.165) is 0 Å². The Morgan fingerprint density at radius 3 is 2.78 bits per heavy atom. The molecular formula is C19H21NO7. The Balaban J connectivity index is 1.89. The number of nitrogens with one attached hydrogen (secondary N) is 1. The minimum Gasteiger partial charge on any atom is -0.497 e. The maximum absolute atomic E-state index is 12.4. The number of benzene rings is 1. The van der Waals surface area contributed by atoms with E-state index in [2.05, 4.69) is 5.32 Å². The summed E-state index contributed by atoms with van der Waals surface area (Å²) < 4.78 is 20.4. The lowest BCUT2D eigenvalue weighted by Gasteiger charge is -2.19. The molecule has 0 aliphatic carbocycles. The number of carbonyl (C=O) groups is 2. The molecule has 1 aliphatic heterocycles. The van der Waals surface area contributed by atoms with Crippen LogP contribution in [-0.2, 0) is 25.5 Å². The second kappa shape index (κ2) is 8.22. The standard InChI is InChI=1S/C19H21NO7/c1-24-13-3-4-14-12(8-17(21)27-16(14)9-13)7-15(19(23)25-2)20-18(22)11-5-6-26-10-11/h3-4,8-9,11,15H,5-7,10H2,1-2H3,(H,20,22)/t11-,15-/m1/s1. The molecule has 1 fully saturated rings. The maximum Gasteiger partial charge on any atom is 0.336 e. The summed E-state index contributed by atoms with van der Waals surface area (Å²) in [6, 6.07) is 5.47. The summed E-state index contributed by atoms with van der Waals surface area (Å²) in [6.45, 7) is 0.852. The van der Waals surface area contributed by atoms with Crippen LogP contribution in [0.15, 0.2) is 33.5 Å². The highest BCUT2D eigenvalue weighted by Crippen LogP contribution is 2.23. The molecule has 0 bridgehead atoms. The number of amides is 1. The monoisotopic (exact) mass is 375 g/mol. The first-order valence-electron chi connectivity index (χ1n) is 8.58. The molecule has 1 saturated heterocycles. The van der Waals surface area contributed by atoms with Crippen LogP contribution in [0.25, 0.3) is 11.0 Å². The Hall–Kier alpha value is -2.87. The van der Waals surface area contributed by atoms with Crippen molar-refractivity contribution in [3.8, 4) is 5.75 Å². The molecule has 0 unspecified atom stereocenters. The highest BCUT2D eigenvalue weighted by molar-refractivity contribution is 5.87. The molecular weight excluding hydrogens is 354 g/mol. The van der Waals surface area contributed by atoms with E-state index in [1.54, 1.807) is 18.2 Å². The lowest BCUT2D eigenvalue weighted by Crippen LogP contribution is -2.45. The van der Waals surface area contributed by atoms with Gasteiger partial charge in [-0.1, -0.05) is 0 Å². The lowest BCUT2D eigenvalue weighted by atomic mass is 10.0. The first kappa shape index (κ1) is 18.9. The predicted octanol–water partition coefficient (Wildman–Crippen LogP) is 1.04. The Morgan fingerprint density at radius 1 is 1.30 bits per heavy atom. The molecule has 144 valence electrons. The molecule has 8 nitrogen and oxygen atoms in total. The highest BCUT2D eigenvalue weighted by atomic mass is 16.5. The predicted molar refractivity (Wildman–Crippen MR) is 95.6 cm³/mol. The second-order valence-electron chi connectivity index (χ2n) is 6.30. The van der Waals surface area contributed by atoms with Gasteiger partial charge in [0.25, 0.3) is 0 Å². The van der Waals surface area contributed by atoms with E-state index in [9.17, 15) is 14.4 Å². The molecule has 2 heterocycles. The van der Waals surface area contributed by atoms with Gasteiger partial charge in [0.15, 0.2) is 0 Å². The van der Waals surface area contributed by atoms with Gasteiger partial charge < -0.3 is 23.9 Å². The van der Waals surface area contributed by atoms with Crippen LogP contribution in [0.5, 0.6) is 5.75 Å². The largest absolute Gasteiger partial charge is 0.497 e. The number of carbonyl (C=O) groups excluding carboxylic acids is 2. The number of fused-ring (bicyclic) bond motifs is 1. The maximum atomic E-state index is 12.4. The zero-order chi connectivity index (χ0) is 19.4. The van der Waals surface area contributed by atoms with Crippen LogP contribution in [0.4, 0.5) is 0 Å². The topological polar surface area (TPSA) is 104 Å². The van der Waals surface area contributed by atoms with Crippen molar-refractivity contribution in [3.63, 3.8) is 0 Å². The summed E-state index contributed by atoms with van der Waals surface area (Å²) in [5, 5.41) is 3.37. The van der Waals surface area contributed by atoms with E-state index in [0.29, 0.717) is 41.9 Å². The van der Waals surface area contributed by atoms with Crippen molar-refractivity contribution in [2.24, 2.45) is 5.92 Å². The summed E-state index contributed by atoms with van der Waals surface area (Å²) in [7, 11) is 2.77. The van der Waals surface area contributed by atoms with Crippen molar-refractivity contribution in [1.29, 1.82) is 0 Å². The number of methoxy groups -OCH3 is 2. The summed E-state index contributed by atoms with van der Waals surface area (Å²) in [6.07, 6.45) is 0.706. The first-order chi connectivity index (χ1) is 13.0. The Labute approximate surface area is 155 Å². The normalized spacial score (nSPS) is 17.5. The molecule has 8 heteroatoms. The van der Waals surface area contributed by atoms with Gasteiger partial charge in [0, 0.05) is 30.5 Å². The van der Waals surface area contributed by atoms with Crippen LogP contribution < -0.4 is 15.7 Å². The number of hydrogen-bond donors (Lipinski definition) is 1. The summed E-state index contributed by atoms with van der Waals surface area (Å²) in [4.78, 5) is 36.5. The van der Waals surface area contributed by atoms with Gasteiger partial charge in [-0.2, -0.15) is 0 Å². The van der Waals surface area contributed by atoms with Crippen molar-refractivity contribution in [2.45, 2.75) is 18.9 Å². The Morgan fingerprint density at radius 2 is 2.11 bits per heavy atom. The van der Waals surface area contributed by atoms with Crippen LogP contribution >= 0.6 is 0 Å². The van der Waals surface area contributed by atoms with E-state index < -0.39 is 17.6 Å². The molecule has 27 heavy (non-hydrogen) atoms. The van der Waals surface area contributed by atoms with Crippen LogP contribution in [-0.4, -0.2) is 45.4 Å². The van der Waals surface area contributed by atoms with Crippen molar-refractivity contribution in [1.82, 2.24) is 5.32 Å². The van der Waals surface area contributed by atoms with Gasteiger partial charge >= 0.3 is 11.6 Å². The van der Waals surface area contributed by atoms with E-state index in [-0.39, 0.29) is 18.2 Å². The van der Waals surface area contributed by atoms with Crippen molar-refractivity contribution >= 4 is 22.8 Å². The second-order valence-corrected chi connectivity index (χ2v) is 6.30. The molecule has 1 N–H and O–H groups in total. The molecule has 2 aromatic rings. The summed E-state index contributed by atoms with van der Waals surface area (Å²) in [5.41, 5.74) is 0.364. The van der Waals surface area contributed by atoms with Crippen LogP contribution in [0.1, 0.15) is 12.0 Å². The Kier molecular flexibility index (Phi) is 5.75. The third kappa shape index (κ3) is 4.28. The third-order valence-electron chi connectivity index (χ3n) is 4.56. The molecule has 3 rings (SSSR count). The van der Waals surface area contributed by atoms with Gasteiger partial charge in [0.1, 0.15) is 17.4 Å². The summed E-state index contributed by atoms with van der Waals surface area (Å²) >= 11 is 0.